The summed E-state index contributed by atoms with van der Waals surface area (Å²) in [4.78, 5) is 45.1. The van der Waals surface area contributed by atoms with Crippen molar-refractivity contribution < 1.29 is 14.3 Å². The molecule has 50 heavy (non-hydrogen) atoms. The molecule has 258 valence electrons. The van der Waals surface area contributed by atoms with Gasteiger partial charge in [-0.25, -0.2) is 9.97 Å². The van der Waals surface area contributed by atoms with Crippen LogP contribution < -0.4 is 31.6 Å². The number of nitrogens with zero attached hydrogens (tertiary/aromatic N) is 3. The lowest BCUT2D eigenvalue weighted by atomic mass is 9.97. The molecule has 0 aliphatic carbocycles. The van der Waals surface area contributed by atoms with E-state index >= 15 is 0 Å². The van der Waals surface area contributed by atoms with Crippen LogP contribution in [0.4, 0.5) is 0 Å². The van der Waals surface area contributed by atoms with E-state index in [0.717, 1.165) is 39.8 Å². The van der Waals surface area contributed by atoms with E-state index in [4.69, 9.17) is 32.9 Å². The van der Waals surface area contributed by atoms with Gasteiger partial charge in [0.1, 0.15) is 5.65 Å². The van der Waals surface area contributed by atoms with Gasteiger partial charge < -0.3 is 26.0 Å². The second-order valence-electron chi connectivity index (χ2n) is 12.0. The first-order valence-corrected chi connectivity index (χ1v) is 17.1. The highest BCUT2D eigenvalue weighted by Gasteiger charge is 2.21. The lowest BCUT2D eigenvalue weighted by molar-refractivity contribution is -0.120. The van der Waals surface area contributed by atoms with Gasteiger partial charge in [-0.15, -0.1) is 0 Å². The number of carbonyl (C=O) groups is 2. The number of ether oxygens (including phenoxy) is 1. The molecule has 1 atom stereocenters. The summed E-state index contributed by atoms with van der Waals surface area (Å²) in [6, 6.07) is 19.1. The van der Waals surface area contributed by atoms with Crippen LogP contribution in [0.25, 0.3) is 39.2 Å². The molecule has 6 rings (SSSR count). The van der Waals surface area contributed by atoms with Gasteiger partial charge >= 0.3 is 0 Å². The summed E-state index contributed by atoms with van der Waals surface area (Å²) in [5.74, 6) is 0.464. The number of halogens is 2. The van der Waals surface area contributed by atoms with E-state index in [1.807, 2.05) is 60.7 Å². The second kappa shape index (κ2) is 15.8. The molecule has 0 radical (unpaired) electrons. The Hall–Kier alpha value is -4.81. The molecule has 1 fully saturated rings. The Kier molecular flexibility index (Phi) is 11.1. The number of aromatic nitrogens is 3. The number of pyridine rings is 2. The van der Waals surface area contributed by atoms with Gasteiger partial charge in [0, 0.05) is 97.9 Å². The second-order valence-corrected chi connectivity index (χ2v) is 12.8. The molecular weight excluding hydrogens is 677 g/mol. The Morgan fingerprint density at radius 3 is 2.38 bits per heavy atom. The number of methoxy groups -OCH3 is 1. The van der Waals surface area contributed by atoms with Crippen molar-refractivity contribution in [3.63, 3.8) is 0 Å². The zero-order valence-electron chi connectivity index (χ0n) is 27.7. The Labute approximate surface area is 299 Å². The maximum absolute atomic E-state index is 13.2. The van der Waals surface area contributed by atoms with Gasteiger partial charge in [0.2, 0.25) is 17.7 Å². The standard InChI is InChI=1S/C37H37Cl2N7O4/c1-22(47)42-15-14-40-18-24-9-11-31(45-36(24)50-2)30-8-4-7-29(35(30)39)28-6-3-5-27(34(28)38)23-13-16-46-32(17-23)43-20-25(37(46)49)19-41-21-26-10-12-33(48)44-26/h3-9,11,13,16-17,20,26,40-41H,10,12,14-15,18-19,21H2,1-2H3,(H,42,47)(H,44,48)/t26-/m0/s1. The van der Waals surface area contributed by atoms with E-state index in [2.05, 4.69) is 26.3 Å². The zero-order chi connectivity index (χ0) is 35.2. The highest BCUT2D eigenvalue weighted by Crippen LogP contribution is 2.42. The molecule has 0 bridgehead atoms. The summed E-state index contributed by atoms with van der Waals surface area (Å²) in [5, 5.41) is 13.2. The molecule has 5 aromatic rings. The zero-order valence-corrected chi connectivity index (χ0v) is 29.2. The summed E-state index contributed by atoms with van der Waals surface area (Å²) >= 11 is 14.1. The maximum atomic E-state index is 13.2. The van der Waals surface area contributed by atoms with Gasteiger partial charge in [0.15, 0.2) is 0 Å². The van der Waals surface area contributed by atoms with E-state index in [1.54, 1.807) is 19.5 Å². The number of benzene rings is 2. The third-order valence-corrected chi connectivity index (χ3v) is 9.38. The largest absolute Gasteiger partial charge is 0.481 e. The first-order valence-electron chi connectivity index (χ1n) is 16.3. The van der Waals surface area contributed by atoms with Crippen molar-refractivity contribution in [1.82, 2.24) is 35.6 Å². The van der Waals surface area contributed by atoms with Crippen LogP contribution in [0.3, 0.4) is 0 Å². The van der Waals surface area contributed by atoms with Crippen LogP contribution in [-0.2, 0) is 22.7 Å². The van der Waals surface area contributed by atoms with Gasteiger partial charge in [-0.2, -0.15) is 0 Å². The van der Waals surface area contributed by atoms with Crippen LogP contribution in [0.15, 0.2) is 77.9 Å². The minimum Gasteiger partial charge on any atom is -0.481 e. The predicted octanol–water partition coefficient (Wildman–Crippen LogP) is 5.00. The van der Waals surface area contributed by atoms with E-state index in [1.165, 1.54) is 11.3 Å². The van der Waals surface area contributed by atoms with Crippen LogP contribution in [0.5, 0.6) is 5.88 Å². The summed E-state index contributed by atoms with van der Waals surface area (Å²) in [5.41, 5.74) is 6.16. The van der Waals surface area contributed by atoms with Crippen LogP contribution in [0.1, 0.15) is 30.9 Å². The topological polar surface area (TPSA) is 139 Å². The molecule has 3 aromatic heterocycles. The average molecular weight is 715 g/mol. The predicted molar refractivity (Wildman–Crippen MR) is 195 cm³/mol. The summed E-state index contributed by atoms with van der Waals surface area (Å²) in [6.07, 6.45) is 4.62. The van der Waals surface area contributed by atoms with E-state index in [9.17, 15) is 14.4 Å². The van der Waals surface area contributed by atoms with Crippen molar-refractivity contribution in [3.05, 3.63) is 105 Å². The monoisotopic (exact) mass is 713 g/mol. The molecule has 0 saturated carbocycles. The van der Waals surface area contributed by atoms with Crippen LogP contribution >= 0.6 is 23.2 Å². The molecule has 1 saturated heterocycles. The van der Waals surface area contributed by atoms with Crippen molar-refractivity contribution in [2.24, 2.45) is 0 Å². The summed E-state index contributed by atoms with van der Waals surface area (Å²) in [6.45, 7) is 4.08. The third kappa shape index (κ3) is 7.81. The smallest absolute Gasteiger partial charge is 0.262 e. The molecule has 13 heteroatoms. The Balaban J connectivity index is 1.22. The maximum Gasteiger partial charge on any atom is 0.262 e. The van der Waals surface area contributed by atoms with Crippen LogP contribution in [0, 0.1) is 0 Å². The average Bonchev–Trinajstić information content (AvgIpc) is 3.53. The number of hydrogen-bond acceptors (Lipinski definition) is 8. The Morgan fingerprint density at radius 2 is 1.66 bits per heavy atom. The fourth-order valence-corrected chi connectivity index (χ4v) is 6.66. The minimum atomic E-state index is -0.163. The summed E-state index contributed by atoms with van der Waals surface area (Å²) < 4.78 is 7.12. The molecule has 1 aliphatic rings. The number of nitrogens with one attached hydrogen (secondary N) is 4. The van der Waals surface area contributed by atoms with Crippen molar-refractivity contribution in [3.8, 4) is 39.4 Å². The number of carbonyl (C=O) groups excluding carboxylic acids is 2. The number of rotatable bonds is 13. The van der Waals surface area contributed by atoms with Crippen molar-refractivity contribution in [2.75, 3.05) is 26.7 Å². The molecule has 2 amide bonds. The van der Waals surface area contributed by atoms with Crippen molar-refractivity contribution in [2.45, 2.75) is 38.9 Å². The highest BCUT2D eigenvalue weighted by molar-refractivity contribution is 6.39. The molecule has 0 spiro atoms. The van der Waals surface area contributed by atoms with E-state index in [-0.39, 0.29) is 23.4 Å². The van der Waals surface area contributed by atoms with Gasteiger partial charge in [0.05, 0.1) is 22.8 Å². The van der Waals surface area contributed by atoms with Gasteiger partial charge in [0.25, 0.3) is 5.56 Å². The highest BCUT2D eigenvalue weighted by atomic mass is 35.5. The summed E-state index contributed by atoms with van der Waals surface area (Å²) in [7, 11) is 1.58. The fourth-order valence-electron chi connectivity index (χ4n) is 5.99. The van der Waals surface area contributed by atoms with E-state index < -0.39 is 0 Å². The van der Waals surface area contributed by atoms with Gasteiger partial charge in [-0.1, -0.05) is 65.7 Å². The molecule has 4 N–H and O–H groups in total. The lowest BCUT2D eigenvalue weighted by Crippen LogP contribution is -2.36. The molecular formula is C37H37Cl2N7O4. The first kappa shape index (κ1) is 35.0. The van der Waals surface area contributed by atoms with Crippen molar-refractivity contribution in [1.29, 1.82) is 0 Å². The Bertz CT molecular complexity index is 2120. The molecule has 0 unspecified atom stereocenters. The van der Waals surface area contributed by atoms with Gasteiger partial charge in [-0.3, -0.25) is 18.8 Å². The van der Waals surface area contributed by atoms with E-state index in [0.29, 0.717) is 72.0 Å². The molecule has 11 nitrogen and oxygen atoms in total. The lowest BCUT2D eigenvalue weighted by Gasteiger charge is -2.15. The van der Waals surface area contributed by atoms with Crippen molar-refractivity contribution >= 4 is 40.7 Å². The molecule has 1 aliphatic heterocycles. The van der Waals surface area contributed by atoms with Crippen LogP contribution in [-0.4, -0.2) is 59.0 Å². The molecule has 4 heterocycles. The fraction of sp³-hybridized carbons (Fsp3) is 0.270. The third-order valence-electron chi connectivity index (χ3n) is 8.57. The minimum absolute atomic E-state index is 0.0596. The number of amides is 2. The first-order chi connectivity index (χ1) is 24.2. The number of hydrogen-bond donors (Lipinski definition) is 4. The number of fused-ring (bicyclic) bond motifs is 1. The Morgan fingerprint density at radius 1 is 0.940 bits per heavy atom. The van der Waals surface area contributed by atoms with Crippen LogP contribution in [0.2, 0.25) is 10.0 Å². The normalized spacial score (nSPS) is 14.2. The SMILES string of the molecule is COc1nc(-c2cccc(-c3cccc(-c4ccn5c(=O)c(CNC[C@@H]6CCC(=O)N6)cnc5c4)c3Cl)c2Cl)ccc1CNCCNC(C)=O. The quantitative estimate of drug-likeness (QED) is 0.125. The molecule has 2 aromatic carbocycles. The van der Waals surface area contributed by atoms with Gasteiger partial charge in [-0.05, 0) is 30.2 Å².